The van der Waals surface area contributed by atoms with Gasteiger partial charge in [-0.3, -0.25) is 9.59 Å². The molecule has 0 saturated heterocycles. The van der Waals surface area contributed by atoms with Crippen molar-refractivity contribution < 1.29 is 9.59 Å². The van der Waals surface area contributed by atoms with Gasteiger partial charge in [-0.25, -0.2) is 0 Å². The lowest BCUT2D eigenvalue weighted by Gasteiger charge is -2.10. The van der Waals surface area contributed by atoms with Crippen LogP contribution in [0.15, 0.2) is 24.3 Å². The Morgan fingerprint density at radius 2 is 2.00 bits per heavy atom. The number of aryl methyl sites for hydroxylation is 1. The van der Waals surface area contributed by atoms with E-state index in [0.717, 1.165) is 11.3 Å². The van der Waals surface area contributed by atoms with Gasteiger partial charge in [-0.05, 0) is 18.6 Å². The molecule has 86 valence electrons. The fourth-order valence-corrected chi connectivity index (χ4v) is 1.29. The highest BCUT2D eigenvalue weighted by Gasteiger charge is 2.14. The molecule has 16 heavy (non-hydrogen) atoms. The molecule has 1 aromatic carbocycles. The third kappa shape index (κ3) is 3.38. The van der Waals surface area contributed by atoms with Crippen LogP contribution in [0.4, 0.5) is 5.69 Å². The van der Waals surface area contributed by atoms with Gasteiger partial charge in [0.15, 0.2) is 0 Å². The van der Waals surface area contributed by atoms with Crippen LogP contribution in [-0.4, -0.2) is 11.8 Å². The molecule has 2 amide bonds. The van der Waals surface area contributed by atoms with Crippen molar-refractivity contribution in [2.75, 3.05) is 5.32 Å². The molecule has 1 aromatic rings. The molecule has 0 radical (unpaired) electrons. The number of benzene rings is 1. The first-order valence-corrected chi connectivity index (χ1v) is 5.15. The molecule has 0 saturated carbocycles. The zero-order valence-electron chi connectivity index (χ0n) is 9.49. The molecule has 0 bridgehead atoms. The second kappa shape index (κ2) is 5.30. The monoisotopic (exact) mass is 220 g/mol. The lowest BCUT2D eigenvalue weighted by atomic mass is 10.1. The second-order valence-corrected chi connectivity index (χ2v) is 3.87. The van der Waals surface area contributed by atoms with Crippen LogP contribution < -0.4 is 11.1 Å². The zero-order valence-corrected chi connectivity index (χ0v) is 9.49. The number of anilines is 1. The number of primary amides is 1. The number of amides is 2. The fraction of sp³-hybridized carbons (Fsp3) is 0.333. The summed E-state index contributed by atoms with van der Waals surface area (Å²) in [6.07, 6.45) is 0.115. The quantitative estimate of drug-likeness (QED) is 0.806. The Bertz CT molecular complexity index is 402. The van der Waals surface area contributed by atoms with Gasteiger partial charge in [0.2, 0.25) is 11.8 Å². The van der Waals surface area contributed by atoms with Crippen LogP contribution in [0.5, 0.6) is 0 Å². The predicted octanol–water partition coefficient (Wildman–Crippen LogP) is 1.45. The molecule has 0 aromatic heterocycles. The van der Waals surface area contributed by atoms with Crippen molar-refractivity contribution in [3.05, 3.63) is 29.8 Å². The van der Waals surface area contributed by atoms with E-state index in [-0.39, 0.29) is 12.3 Å². The minimum absolute atomic E-state index is 0.115. The van der Waals surface area contributed by atoms with Crippen molar-refractivity contribution in [1.29, 1.82) is 0 Å². The second-order valence-electron chi connectivity index (χ2n) is 3.87. The normalized spacial score (nSPS) is 11.9. The van der Waals surface area contributed by atoms with Gasteiger partial charge in [0.05, 0.1) is 0 Å². The summed E-state index contributed by atoms with van der Waals surface area (Å²) in [6.45, 7) is 3.55. The molecular formula is C12H16N2O2. The maximum absolute atomic E-state index is 11.6. The van der Waals surface area contributed by atoms with Gasteiger partial charge in [-0.2, -0.15) is 0 Å². The molecule has 0 aliphatic heterocycles. The predicted molar refractivity (Wildman–Crippen MR) is 62.8 cm³/mol. The Kier molecular flexibility index (Phi) is 4.05. The van der Waals surface area contributed by atoms with Crippen molar-refractivity contribution in [1.82, 2.24) is 0 Å². The number of nitrogens with two attached hydrogens (primary N) is 1. The molecule has 1 unspecified atom stereocenters. The lowest BCUT2D eigenvalue weighted by molar-refractivity contribution is -0.125. The average Bonchev–Trinajstić information content (AvgIpc) is 2.21. The van der Waals surface area contributed by atoms with Gasteiger partial charge in [0, 0.05) is 18.0 Å². The minimum Gasteiger partial charge on any atom is -0.369 e. The Morgan fingerprint density at radius 3 is 2.56 bits per heavy atom. The Morgan fingerprint density at radius 1 is 1.38 bits per heavy atom. The summed E-state index contributed by atoms with van der Waals surface area (Å²) in [5.74, 6) is -1.09. The van der Waals surface area contributed by atoms with E-state index < -0.39 is 11.8 Å². The van der Waals surface area contributed by atoms with Crippen LogP contribution >= 0.6 is 0 Å². The zero-order chi connectivity index (χ0) is 12.1. The summed E-state index contributed by atoms with van der Waals surface area (Å²) in [6, 6.07) is 7.48. The summed E-state index contributed by atoms with van der Waals surface area (Å²) < 4.78 is 0. The standard InChI is InChI=1S/C12H16N2O2/c1-8-5-3-4-6-10(8)14-11(15)7-9(2)12(13)16/h3-6,9H,7H2,1-2H3,(H2,13,16)(H,14,15). The molecule has 3 N–H and O–H groups in total. The summed E-state index contributed by atoms with van der Waals surface area (Å²) >= 11 is 0. The summed E-state index contributed by atoms with van der Waals surface area (Å²) in [5, 5.41) is 2.75. The maximum atomic E-state index is 11.6. The van der Waals surface area contributed by atoms with Gasteiger partial charge >= 0.3 is 0 Å². The van der Waals surface area contributed by atoms with Crippen LogP contribution in [-0.2, 0) is 9.59 Å². The van der Waals surface area contributed by atoms with E-state index in [1.54, 1.807) is 6.92 Å². The highest BCUT2D eigenvalue weighted by Crippen LogP contribution is 2.14. The van der Waals surface area contributed by atoms with Crippen LogP contribution in [0.2, 0.25) is 0 Å². The van der Waals surface area contributed by atoms with Crippen LogP contribution in [0.3, 0.4) is 0 Å². The smallest absolute Gasteiger partial charge is 0.225 e. The molecule has 0 fully saturated rings. The number of rotatable bonds is 4. The van der Waals surface area contributed by atoms with E-state index in [9.17, 15) is 9.59 Å². The number of para-hydroxylation sites is 1. The van der Waals surface area contributed by atoms with E-state index in [4.69, 9.17) is 5.73 Å². The Hall–Kier alpha value is -1.84. The number of nitrogens with one attached hydrogen (secondary N) is 1. The van der Waals surface area contributed by atoms with Gasteiger partial charge in [0.1, 0.15) is 0 Å². The van der Waals surface area contributed by atoms with Crippen molar-refractivity contribution in [3.8, 4) is 0 Å². The topological polar surface area (TPSA) is 72.2 Å². The van der Waals surface area contributed by atoms with E-state index in [1.807, 2.05) is 31.2 Å². The minimum atomic E-state index is -0.458. The molecule has 4 nitrogen and oxygen atoms in total. The van der Waals surface area contributed by atoms with Crippen LogP contribution in [0.1, 0.15) is 18.9 Å². The largest absolute Gasteiger partial charge is 0.369 e. The van der Waals surface area contributed by atoms with Crippen molar-refractivity contribution in [2.24, 2.45) is 11.7 Å². The molecule has 0 aliphatic rings. The van der Waals surface area contributed by atoms with E-state index in [2.05, 4.69) is 5.32 Å². The van der Waals surface area contributed by atoms with Gasteiger partial charge in [-0.1, -0.05) is 25.1 Å². The van der Waals surface area contributed by atoms with Crippen molar-refractivity contribution in [2.45, 2.75) is 20.3 Å². The highest BCUT2D eigenvalue weighted by atomic mass is 16.2. The molecule has 0 heterocycles. The van der Waals surface area contributed by atoms with Gasteiger partial charge in [0.25, 0.3) is 0 Å². The fourth-order valence-electron chi connectivity index (χ4n) is 1.29. The first-order valence-electron chi connectivity index (χ1n) is 5.15. The van der Waals surface area contributed by atoms with Gasteiger partial charge < -0.3 is 11.1 Å². The summed E-state index contributed by atoms with van der Waals surface area (Å²) in [5.41, 5.74) is 6.84. The Balaban J connectivity index is 2.59. The number of carbonyl (C=O) groups excluding carboxylic acids is 2. The molecular weight excluding hydrogens is 204 g/mol. The Labute approximate surface area is 94.8 Å². The van der Waals surface area contributed by atoms with Crippen molar-refractivity contribution >= 4 is 17.5 Å². The highest BCUT2D eigenvalue weighted by molar-refractivity contribution is 5.94. The van der Waals surface area contributed by atoms with Crippen LogP contribution in [0, 0.1) is 12.8 Å². The third-order valence-electron chi connectivity index (χ3n) is 2.40. The SMILES string of the molecule is Cc1ccccc1NC(=O)CC(C)C(N)=O. The molecule has 1 rings (SSSR count). The number of hydrogen-bond donors (Lipinski definition) is 2. The van der Waals surface area contributed by atoms with Crippen molar-refractivity contribution in [3.63, 3.8) is 0 Å². The van der Waals surface area contributed by atoms with E-state index in [0.29, 0.717) is 0 Å². The maximum Gasteiger partial charge on any atom is 0.225 e. The van der Waals surface area contributed by atoms with Gasteiger partial charge in [-0.15, -0.1) is 0 Å². The lowest BCUT2D eigenvalue weighted by Crippen LogP contribution is -2.25. The molecule has 0 aliphatic carbocycles. The first kappa shape index (κ1) is 12.2. The number of carbonyl (C=O) groups is 2. The third-order valence-corrected chi connectivity index (χ3v) is 2.40. The molecule has 1 atom stereocenters. The summed E-state index contributed by atoms with van der Waals surface area (Å²) in [4.78, 5) is 22.4. The molecule has 4 heteroatoms. The molecule has 0 spiro atoms. The summed E-state index contributed by atoms with van der Waals surface area (Å²) in [7, 11) is 0. The van der Waals surface area contributed by atoms with E-state index >= 15 is 0 Å². The van der Waals surface area contributed by atoms with E-state index in [1.165, 1.54) is 0 Å². The first-order chi connectivity index (χ1) is 7.50. The van der Waals surface area contributed by atoms with Crippen LogP contribution in [0.25, 0.3) is 0 Å². The number of hydrogen-bond acceptors (Lipinski definition) is 2. The average molecular weight is 220 g/mol.